The molecule has 2 N–H and O–H groups in total. The largest absolute Gasteiger partial charge is 0.481 e. The molecule has 2 heterocycles. The second-order valence-corrected chi connectivity index (χ2v) is 7.88. The van der Waals surface area contributed by atoms with Gasteiger partial charge in [0.1, 0.15) is 5.75 Å². The van der Waals surface area contributed by atoms with Crippen molar-refractivity contribution >= 4 is 23.4 Å². The number of carbonyl (C=O) groups is 3. The van der Waals surface area contributed by atoms with Crippen LogP contribution in [0.2, 0.25) is 0 Å². The summed E-state index contributed by atoms with van der Waals surface area (Å²) in [6.45, 7) is 5.82. The summed E-state index contributed by atoms with van der Waals surface area (Å²) in [5.74, 6) is 0.0955. The Bertz CT molecular complexity index is 1070. The minimum Gasteiger partial charge on any atom is -0.481 e. The number of carbonyl (C=O) groups excluding carboxylic acids is 3. The molecular formula is C23H25N3O6. The number of aryl methyl sites for hydroxylation is 1. The van der Waals surface area contributed by atoms with Gasteiger partial charge in [0.25, 0.3) is 5.91 Å². The summed E-state index contributed by atoms with van der Waals surface area (Å²) in [6.07, 6.45) is -0.767. The molecule has 0 bridgehead atoms. The number of hydrogen-bond donors (Lipinski definition) is 2. The summed E-state index contributed by atoms with van der Waals surface area (Å²) < 4.78 is 16.4. The van der Waals surface area contributed by atoms with Gasteiger partial charge in [-0.3, -0.25) is 25.2 Å². The Morgan fingerprint density at radius 3 is 2.72 bits per heavy atom. The van der Waals surface area contributed by atoms with Crippen LogP contribution in [0, 0.1) is 19.8 Å². The van der Waals surface area contributed by atoms with Gasteiger partial charge in [0.15, 0.2) is 17.6 Å². The first-order valence-corrected chi connectivity index (χ1v) is 10.4. The van der Waals surface area contributed by atoms with E-state index >= 15 is 0 Å². The standard InChI is InChI=1S/C23H25N3O6/c1-13-5-4-6-18(14(13)2)32-15(3)22(28)24-25-23(29)16-9-21(27)26(11-16)17-7-8-19-20(10-17)31-12-30-19/h4-8,10,15-16H,9,11-12H2,1-3H3,(H,24,28)(H,25,29). The molecule has 2 aliphatic rings. The smallest absolute Gasteiger partial charge is 0.279 e. The molecule has 9 nitrogen and oxygen atoms in total. The Morgan fingerprint density at radius 1 is 1.12 bits per heavy atom. The van der Waals surface area contributed by atoms with E-state index in [0.717, 1.165) is 11.1 Å². The van der Waals surface area contributed by atoms with Crippen LogP contribution in [0.5, 0.6) is 17.2 Å². The summed E-state index contributed by atoms with van der Waals surface area (Å²) in [6, 6.07) is 10.8. The van der Waals surface area contributed by atoms with Gasteiger partial charge in [-0.05, 0) is 50.1 Å². The van der Waals surface area contributed by atoms with E-state index in [0.29, 0.717) is 22.9 Å². The lowest BCUT2D eigenvalue weighted by atomic mass is 10.1. The minimum atomic E-state index is -0.814. The van der Waals surface area contributed by atoms with Gasteiger partial charge in [0, 0.05) is 24.7 Å². The number of amides is 3. The molecule has 0 aromatic heterocycles. The van der Waals surface area contributed by atoms with Crippen molar-refractivity contribution in [2.24, 2.45) is 5.92 Å². The zero-order chi connectivity index (χ0) is 22.8. The molecule has 0 aliphatic carbocycles. The van der Waals surface area contributed by atoms with Crippen LogP contribution in [0.25, 0.3) is 0 Å². The minimum absolute atomic E-state index is 0.0463. The van der Waals surface area contributed by atoms with E-state index in [4.69, 9.17) is 14.2 Å². The third-order valence-corrected chi connectivity index (χ3v) is 5.70. The van der Waals surface area contributed by atoms with Gasteiger partial charge in [-0.2, -0.15) is 0 Å². The molecule has 2 aromatic carbocycles. The predicted octanol–water partition coefficient (Wildman–Crippen LogP) is 2.00. The number of ether oxygens (including phenoxy) is 3. The summed E-state index contributed by atoms with van der Waals surface area (Å²) >= 11 is 0. The van der Waals surface area contributed by atoms with Crippen LogP contribution < -0.4 is 30.0 Å². The van der Waals surface area contributed by atoms with Crippen molar-refractivity contribution in [1.29, 1.82) is 0 Å². The molecule has 2 atom stereocenters. The van der Waals surface area contributed by atoms with E-state index in [1.807, 2.05) is 26.0 Å². The molecule has 32 heavy (non-hydrogen) atoms. The van der Waals surface area contributed by atoms with Crippen LogP contribution in [0.1, 0.15) is 24.5 Å². The van der Waals surface area contributed by atoms with Crippen molar-refractivity contribution in [3.63, 3.8) is 0 Å². The second kappa shape index (κ2) is 8.78. The Labute approximate surface area is 185 Å². The topological polar surface area (TPSA) is 106 Å². The van der Waals surface area contributed by atoms with Crippen LogP contribution >= 0.6 is 0 Å². The number of fused-ring (bicyclic) bond motifs is 1. The number of benzene rings is 2. The highest BCUT2D eigenvalue weighted by Crippen LogP contribution is 2.37. The lowest BCUT2D eigenvalue weighted by molar-refractivity contribution is -0.134. The second-order valence-electron chi connectivity index (χ2n) is 7.88. The Hall–Kier alpha value is -3.75. The van der Waals surface area contributed by atoms with Crippen molar-refractivity contribution in [3.05, 3.63) is 47.5 Å². The van der Waals surface area contributed by atoms with Crippen LogP contribution in [0.3, 0.4) is 0 Å². The molecule has 0 spiro atoms. The average Bonchev–Trinajstić information content (AvgIpc) is 3.40. The maximum absolute atomic E-state index is 12.5. The van der Waals surface area contributed by atoms with Crippen molar-refractivity contribution in [2.75, 3.05) is 18.2 Å². The van der Waals surface area contributed by atoms with Gasteiger partial charge < -0.3 is 19.1 Å². The highest BCUT2D eigenvalue weighted by Gasteiger charge is 2.36. The molecule has 0 radical (unpaired) electrons. The highest BCUT2D eigenvalue weighted by molar-refractivity contribution is 6.00. The summed E-state index contributed by atoms with van der Waals surface area (Å²) in [5, 5.41) is 0. The summed E-state index contributed by atoms with van der Waals surface area (Å²) in [4.78, 5) is 38.9. The Balaban J connectivity index is 1.31. The zero-order valence-electron chi connectivity index (χ0n) is 18.1. The summed E-state index contributed by atoms with van der Waals surface area (Å²) in [7, 11) is 0. The maximum atomic E-state index is 12.5. The van der Waals surface area contributed by atoms with Gasteiger partial charge in [0.05, 0.1) is 5.92 Å². The average molecular weight is 439 g/mol. The Kier molecular flexibility index (Phi) is 5.89. The molecule has 0 saturated carbocycles. The van der Waals surface area contributed by atoms with Crippen LogP contribution in [-0.2, 0) is 14.4 Å². The van der Waals surface area contributed by atoms with Crippen LogP contribution in [0.4, 0.5) is 5.69 Å². The number of rotatable bonds is 5. The predicted molar refractivity (Wildman–Crippen MR) is 115 cm³/mol. The zero-order valence-corrected chi connectivity index (χ0v) is 18.1. The molecule has 4 rings (SSSR count). The first-order chi connectivity index (χ1) is 15.3. The monoisotopic (exact) mass is 439 g/mol. The number of hydrogen-bond acceptors (Lipinski definition) is 6. The lowest BCUT2D eigenvalue weighted by Gasteiger charge is -2.19. The van der Waals surface area contributed by atoms with Gasteiger partial charge >= 0.3 is 0 Å². The Morgan fingerprint density at radius 2 is 1.91 bits per heavy atom. The van der Waals surface area contributed by atoms with Crippen molar-refractivity contribution in [3.8, 4) is 17.2 Å². The first kappa shape index (κ1) is 21.5. The fourth-order valence-electron chi connectivity index (χ4n) is 3.61. The fraction of sp³-hybridized carbons (Fsp3) is 0.348. The molecule has 2 aromatic rings. The van der Waals surface area contributed by atoms with E-state index in [9.17, 15) is 14.4 Å². The molecule has 2 unspecified atom stereocenters. The molecular weight excluding hydrogens is 414 g/mol. The van der Waals surface area contributed by atoms with Gasteiger partial charge in [0.2, 0.25) is 18.6 Å². The van der Waals surface area contributed by atoms with Crippen molar-refractivity contribution in [2.45, 2.75) is 33.3 Å². The number of anilines is 1. The number of nitrogens with one attached hydrogen (secondary N) is 2. The number of nitrogens with zero attached hydrogens (tertiary/aromatic N) is 1. The van der Waals surface area contributed by atoms with E-state index in [2.05, 4.69) is 10.9 Å². The van der Waals surface area contributed by atoms with Crippen LogP contribution in [0.15, 0.2) is 36.4 Å². The number of hydrazine groups is 1. The molecule has 168 valence electrons. The van der Waals surface area contributed by atoms with Gasteiger partial charge in [-0.15, -0.1) is 0 Å². The normalized spacial score (nSPS) is 17.8. The third-order valence-electron chi connectivity index (χ3n) is 5.70. The van der Waals surface area contributed by atoms with Crippen molar-refractivity contribution in [1.82, 2.24) is 10.9 Å². The first-order valence-electron chi connectivity index (χ1n) is 10.4. The summed E-state index contributed by atoms with van der Waals surface area (Å²) in [5.41, 5.74) is 7.43. The molecule has 1 fully saturated rings. The third kappa shape index (κ3) is 4.32. The maximum Gasteiger partial charge on any atom is 0.279 e. The van der Waals surface area contributed by atoms with Crippen LogP contribution in [-0.4, -0.2) is 37.2 Å². The SMILES string of the molecule is Cc1cccc(OC(C)C(=O)NNC(=O)C2CC(=O)N(c3ccc4c(c3)OCO4)C2)c1C. The van der Waals surface area contributed by atoms with Gasteiger partial charge in [-0.25, -0.2) is 0 Å². The molecule has 1 saturated heterocycles. The molecule has 2 aliphatic heterocycles. The highest BCUT2D eigenvalue weighted by atomic mass is 16.7. The fourth-order valence-corrected chi connectivity index (χ4v) is 3.61. The molecule has 9 heteroatoms. The lowest BCUT2D eigenvalue weighted by Crippen LogP contribution is -2.49. The van der Waals surface area contributed by atoms with E-state index < -0.39 is 23.8 Å². The van der Waals surface area contributed by atoms with E-state index in [1.54, 1.807) is 31.2 Å². The quantitative estimate of drug-likeness (QED) is 0.691. The van der Waals surface area contributed by atoms with Gasteiger partial charge in [-0.1, -0.05) is 12.1 Å². The van der Waals surface area contributed by atoms with E-state index in [1.165, 1.54) is 4.90 Å². The molecule has 3 amide bonds. The van der Waals surface area contributed by atoms with E-state index in [-0.39, 0.29) is 25.7 Å². The van der Waals surface area contributed by atoms with Crippen molar-refractivity contribution < 1.29 is 28.6 Å².